The van der Waals surface area contributed by atoms with Crippen LogP contribution in [0.15, 0.2) is 62.5 Å². The second-order valence-electron chi connectivity index (χ2n) is 8.20. The molecule has 0 radical (unpaired) electrons. The lowest BCUT2D eigenvalue weighted by atomic mass is 10.1. The van der Waals surface area contributed by atoms with Crippen LogP contribution in [-0.2, 0) is 20.2 Å². The van der Waals surface area contributed by atoms with Crippen LogP contribution < -0.4 is 5.32 Å². The van der Waals surface area contributed by atoms with E-state index >= 15 is 0 Å². The molecule has 17 heteroatoms. The summed E-state index contributed by atoms with van der Waals surface area (Å²) in [4.78, 5) is 8.81. The monoisotopic (exact) mass is 618 g/mol. The molecule has 0 aliphatic heterocycles. The molecule has 0 aliphatic rings. The number of thioether (sulfide) groups is 1. The molecule has 1 unspecified atom stereocenters. The molecule has 0 heterocycles. The van der Waals surface area contributed by atoms with Crippen molar-refractivity contribution >= 4 is 77.1 Å². The summed E-state index contributed by atoms with van der Waals surface area (Å²) in [6, 6.07) is 7.41. The van der Waals surface area contributed by atoms with E-state index in [2.05, 4.69) is 15.5 Å². The predicted molar refractivity (Wildman–Crippen MR) is 148 cm³/mol. The Morgan fingerprint density at radius 3 is 2.38 bits per heavy atom. The number of nitro benzene ring substituents is 1. The average Bonchev–Trinajstić information content (AvgIpc) is 2.84. The summed E-state index contributed by atoms with van der Waals surface area (Å²) in [5.74, 6) is 1.51. The highest BCUT2D eigenvalue weighted by atomic mass is 35.5. The van der Waals surface area contributed by atoms with Gasteiger partial charge in [-0.25, -0.2) is 0 Å². The second kappa shape index (κ2) is 12.4. The van der Waals surface area contributed by atoms with E-state index in [4.69, 9.17) is 11.6 Å². The molecular weight excluding hydrogens is 596 g/mol. The van der Waals surface area contributed by atoms with Gasteiger partial charge < -0.3 is 10.4 Å². The first-order valence-electron chi connectivity index (χ1n) is 11.1. The fourth-order valence-corrected chi connectivity index (χ4v) is 5.87. The van der Waals surface area contributed by atoms with Crippen LogP contribution in [0.4, 0.5) is 22.7 Å². The highest BCUT2D eigenvalue weighted by molar-refractivity contribution is 7.99. The molecule has 4 N–H and O–H groups in total. The molecule has 0 bridgehead atoms. The van der Waals surface area contributed by atoms with Crippen molar-refractivity contribution in [3.05, 3.63) is 52.6 Å². The van der Waals surface area contributed by atoms with Gasteiger partial charge in [0.2, 0.25) is 0 Å². The van der Waals surface area contributed by atoms with Crippen molar-refractivity contribution in [3.63, 3.8) is 0 Å². The number of azo groups is 1. The van der Waals surface area contributed by atoms with E-state index in [0.29, 0.717) is 24.1 Å². The number of fused-ring (bicyclic) bond motifs is 1. The van der Waals surface area contributed by atoms with Crippen LogP contribution in [0.1, 0.15) is 13.3 Å². The minimum Gasteiger partial charge on any atom is -0.507 e. The van der Waals surface area contributed by atoms with Gasteiger partial charge in [-0.15, -0.1) is 21.8 Å². The third kappa shape index (κ3) is 7.77. The van der Waals surface area contributed by atoms with Crippen molar-refractivity contribution in [2.75, 3.05) is 22.7 Å². The van der Waals surface area contributed by atoms with Crippen molar-refractivity contribution < 1.29 is 36.0 Å². The van der Waals surface area contributed by atoms with Crippen LogP contribution in [0.3, 0.4) is 0 Å². The minimum absolute atomic E-state index is 0.0215. The lowest BCUT2D eigenvalue weighted by Crippen LogP contribution is -2.16. The molecule has 0 saturated heterocycles. The Morgan fingerprint density at radius 2 is 1.77 bits per heavy atom. The number of alkyl halides is 1. The van der Waals surface area contributed by atoms with Gasteiger partial charge in [0.15, 0.2) is 0 Å². The molecule has 3 aromatic rings. The molecule has 3 aromatic carbocycles. The maximum absolute atomic E-state index is 11.9. The van der Waals surface area contributed by atoms with Crippen molar-refractivity contribution in [3.8, 4) is 5.75 Å². The molecule has 3 rings (SSSR count). The van der Waals surface area contributed by atoms with E-state index in [-0.39, 0.29) is 22.5 Å². The average molecular weight is 619 g/mol. The molecule has 0 aliphatic carbocycles. The number of aromatic hydroxyl groups is 1. The lowest BCUT2D eigenvalue weighted by Gasteiger charge is -2.18. The van der Waals surface area contributed by atoms with Gasteiger partial charge in [-0.1, -0.05) is 6.07 Å². The van der Waals surface area contributed by atoms with Crippen LogP contribution in [0.25, 0.3) is 10.8 Å². The number of phenolic OH excluding ortho intramolecular Hbond substituents is 1. The number of anilines is 1. The molecule has 0 spiro atoms. The molecule has 0 fully saturated rings. The molecule has 210 valence electrons. The highest BCUT2D eigenvalue weighted by Gasteiger charge is 2.22. The first-order chi connectivity index (χ1) is 18.2. The quantitative estimate of drug-likeness (QED) is 0.0495. The van der Waals surface area contributed by atoms with Gasteiger partial charge in [-0.3, -0.25) is 19.2 Å². The van der Waals surface area contributed by atoms with E-state index < -0.39 is 52.1 Å². The smallest absolute Gasteiger partial charge is 0.297 e. The van der Waals surface area contributed by atoms with Gasteiger partial charge >= 0.3 is 0 Å². The maximum atomic E-state index is 11.9. The number of nitro groups is 1. The molecule has 39 heavy (non-hydrogen) atoms. The van der Waals surface area contributed by atoms with Gasteiger partial charge in [-0.2, -0.15) is 28.6 Å². The zero-order valence-electron chi connectivity index (χ0n) is 20.2. The Kier molecular flexibility index (Phi) is 9.74. The van der Waals surface area contributed by atoms with Crippen molar-refractivity contribution in [2.45, 2.75) is 29.2 Å². The van der Waals surface area contributed by atoms with Crippen molar-refractivity contribution in [1.82, 2.24) is 0 Å². The van der Waals surface area contributed by atoms with Crippen LogP contribution in [-0.4, -0.2) is 59.4 Å². The Balaban J connectivity index is 2.17. The number of halogens is 1. The highest BCUT2D eigenvalue weighted by Crippen LogP contribution is 2.42. The van der Waals surface area contributed by atoms with Crippen molar-refractivity contribution in [1.29, 1.82) is 0 Å². The Labute approximate surface area is 232 Å². The third-order valence-corrected chi connectivity index (χ3v) is 8.49. The Morgan fingerprint density at radius 1 is 1.05 bits per heavy atom. The van der Waals surface area contributed by atoms with Gasteiger partial charge in [0.05, 0.1) is 20.9 Å². The van der Waals surface area contributed by atoms with Crippen LogP contribution in [0, 0.1) is 10.1 Å². The van der Waals surface area contributed by atoms with Gasteiger partial charge in [-0.05, 0) is 42.7 Å². The van der Waals surface area contributed by atoms with E-state index in [0.717, 1.165) is 35.8 Å². The number of nitrogens with zero attached hydrogens (tertiary/aromatic N) is 3. The summed E-state index contributed by atoms with van der Waals surface area (Å²) in [6.07, 6.45) is 0.707. The fraction of sp³-hybridized carbons (Fsp3) is 0.273. The first kappa shape index (κ1) is 30.5. The summed E-state index contributed by atoms with van der Waals surface area (Å²) in [6.45, 7) is 1.89. The van der Waals surface area contributed by atoms with Crippen LogP contribution in [0.5, 0.6) is 5.75 Å². The summed E-state index contributed by atoms with van der Waals surface area (Å²) < 4.78 is 66.1. The Bertz CT molecular complexity index is 1650. The number of non-ortho nitro benzene ring substituents is 1. The number of benzene rings is 3. The fourth-order valence-electron chi connectivity index (χ4n) is 3.53. The predicted octanol–water partition coefficient (Wildman–Crippen LogP) is 5.52. The molecule has 0 aromatic heterocycles. The number of nitrogens with one attached hydrogen (secondary N) is 1. The topological polar surface area (TPSA) is 209 Å². The second-order valence-corrected chi connectivity index (χ2v) is 12.6. The standard InChI is InChI=1S/C22H23ClN4O9S3/c1-13(6-8-37-9-7-23)24-18-4-2-14-10-16(38(31,32)33)12-19(28)21(14)22(18)26-25-17-5-3-15(27(29)30)11-20(17)39(34,35)36/h2-5,10-13,24,28H,6-9H2,1H3,(H,31,32,33)(H,34,35,36). The van der Waals surface area contributed by atoms with Gasteiger partial charge in [0.1, 0.15) is 22.0 Å². The normalized spacial score (nSPS) is 13.1. The molecule has 1 atom stereocenters. The number of hydrogen-bond acceptors (Lipinski definition) is 11. The number of hydrogen-bond donors (Lipinski definition) is 4. The SMILES string of the molecule is CC(CCSCCCl)Nc1ccc2cc(S(=O)(=O)O)cc(O)c2c1N=Nc1ccc([N+](=O)[O-])cc1S(=O)(=O)O. The van der Waals surface area contributed by atoms with E-state index in [9.17, 15) is 41.2 Å². The van der Waals surface area contributed by atoms with Crippen LogP contribution in [0.2, 0.25) is 0 Å². The molecule has 0 amide bonds. The largest absolute Gasteiger partial charge is 0.507 e. The number of phenols is 1. The summed E-state index contributed by atoms with van der Waals surface area (Å²) in [7, 11) is -9.59. The van der Waals surface area contributed by atoms with Crippen molar-refractivity contribution in [2.24, 2.45) is 10.2 Å². The van der Waals surface area contributed by atoms with E-state index in [1.54, 1.807) is 11.8 Å². The minimum atomic E-state index is -4.94. The Hall–Kier alpha value is -3.02. The van der Waals surface area contributed by atoms with Crippen LogP contribution >= 0.6 is 23.4 Å². The maximum Gasteiger partial charge on any atom is 0.297 e. The van der Waals surface area contributed by atoms with Gasteiger partial charge in [0, 0.05) is 35.9 Å². The lowest BCUT2D eigenvalue weighted by molar-refractivity contribution is -0.385. The first-order valence-corrected chi connectivity index (χ1v) is 15.6. The van der Waals surface area contributed by atoms with Gasteiger partial charge in [0.25, 0.3) is 25.9 Å². The summed E-state index contributed by atoms with van der Waals surface area (Å²) >= 11 is 7.36. The summed E-state index contributed by atoms with van der Waals surface area (Å²) in [5, 5.41) is 33.2. The number of rotatable bonds is 12. The zero-order valence-corrected chi connectivity index (χ0v) is 23.4. The molecule has 13 nitrogen and oxygen atoms in total. The van der Waals surface area contributed by atoms with E-state index in [1.165, 1.54) is 12.1 Å². The third-order valence-electron chi connectivity index (χ3n) is 5.35. The van der Waals surface area contributed by atoms with E-state index in [1.807, 2.05) is 6.92 Å². The zero-order chi connectivity index (χ0) is 29.0. The summed E-state index contributed by atoms with van der Waals surface area (Å²) in [5.41, 5.74) is -0.714. The molecular formula is C22H23ClN4O9S3. The molecule has 0 saturated carbocycles.